The summed E-state index contributed by atoms with van der Waals surface area (Å²) in [6, 6.07) is 27.5. The zero-order valence-electron chi connectivity index (χ0n) is 24.0. The molecule has 0 unspecified atom stereocenters. The van der Waals surface area contributed by atoms with E-state index in [4.69, 9.17) is 19.2 Å². The van der Waals surface area contributed by atoms with Crippen LogP contribution in [-0.2, 0) is 17.9 Å². The maximum atomic E-state index is 13.7. The molecule has 8 nitrogen and oxygen atoms in total. The lowest BCUT2D eigenvalue weighted by Gasteiger charge is -2.16. The van der Waals surface area contributed by atoms with E-state index in [1.54, 1.807) is 24.1 Å². The zero-order chi connectivity index (χ0) is 31.1. The fourth-order valence-corrected chi connectivity index (χ4v) is 5.69. The Kier molecular flexibility index (Phi) is 10.2. The van der Waals surface area contributed by atoms with Gasteiger partial charge in [-0.15, -0.1) is 0 Å². The molecule has 0 spiro atoms. The number of hydrogen-bond donors (Lipinski definition) is 1. The van der Waals surface area contributed by atoms with Gasteiger partial charge in [0.2, 0.25) is 0 Å². The quantitative estimate of drug-likeness (QED) is 0.125. The van der Waals surface area contributed by atoms with E-state index in [2.05, 4.69) is 22.6 Å². The Morgan fingerprint density at radius 2 is 1.64 bits per heavy atom. The van der Waals surface area contributed by atoms with Gasteiger partial charge in [-0.25, -0.2) is 9.79 Å². The van der Waals surface area contributed by atoms with Crippen molar-refractivity contribution in [3.63, 3.8) is 0 Å². The zero-order valence-corrected chi connectivity index (χ0v) is 27.0. The van der Waals surface area contributed by atoms with Crippen LogP contribution in [-0.4, -0.2) is 40.8 Å². The number of aliphatic imine (C=N–C) groups is 1. The fourth-order valence-electron chi connectivity index (χ4n) is 4.33. The molecule has 10 heteroatoms. The molecule has 1 aliphatic heterocycles. The molecule has 1 saturated heterocycles. The van der Waals surface area contributed by atoms with E-state index in [-0.39, 0.29) is 18.0 Å². The highest BCUT2D eigenvalue weighted by Crippen LogP contribution is 2.37. The van der Waals surface area contributed by atoms with Crippen molar-refractivity contribution >= 4 is 63.2 Å². The molecule has 1 aliphatic rings. The minimum absolute atomic E-state index is 0.180. The minimum atomic E-state index is -1.01. The maximum absolute atomic E-state index is 13.7. The second-order valence-electron chi connectivity index (χ2n) is 9.65. The van der Waals surface area contributed by atoms with Gasteiger partial charge in [-0.3, -0.25) is 9.69 Å². The SMILES string of the molecule is CCOc1cc(/C=C2\SC(=Nc3ccc(OC)cc3)N(Cc3ccc(C(=O)O)cc3)C2=O)ccc1OCc1ccc(I)cc1. The molecule has 1 heterocycles. The number of hydrogen-bond acceptors (Lipinski definition) is 7. The molecule has 224 valence electrons. The van der Waals surface area contributed by atoms with Crippen molar-refractivity contribution in [1.82, 2.24) is 4.90 Å². The lowest BCUT2D eigenvalue weighted by molar-refractivity contribution is -0.122. The van der Waals surface area contributed by atoms with Crippen LogP contribution in [0.25, 0.3) is 6.08 Å². The van der Waals surface area contributed by atoms with Gasteiger partial charge in [-0.1, -0.05) is 30.3 Å². The summed E-state index contributed by atoms with van der Waals surface area (Å²) in [4.78, 5) is 31.9. The standard InChI is InChI=1S/C34H29IN2O6S/c1-3-42-30-18-24(8-17-29(30)43-21-23-6-11-26(35)12-7-23)19-31-32(38)37(20-22-4-9-25(10-5-22)33(39)40)34(44-31)36-27-13-15-28(41-2)16-14-27/h4-19H,3,20-21H2,1-2H3,(H,39,40)/b31-19-,36-34?. The molecule has 0 aromatic heterocycles. The number of nitrogens with zero attached hydrogens (tertiary/aromatic N) is 2. The number of carbonyl (C=O) groups excluding carboxylic acids is 1. The number of carboxylic acid groups (broad SMARTS) is 1. The highest BCUT2D eigenvalue weighted by atomic mass is 127. The van der Waals surface area contributed by atoms with Crippen molar-refractivity contribution in [2.45, 2.75) is 20.1 Å². The van der Waals surface area contributed by atoms with Gasteiger partial charge in [0.15, 0.2) is 16.7 Å². The summed E-state index contributed by atoms with van der Waals surface area (Å²) in [5.41, 5.74) is 3.46. The number of benzene rings is 4. The molecule has 4 aromatic carbocycles. The lowest BCUT2D eigenvalue weighted by atomic mass is 10.1. The van der Waals surface area contributed by atoms with Crippen LogP contribution >= 0.6 is 34.4 Å². The molecule has 1 fully saturated rings. The summed E-state index contributed by atoms with van der Waals surface area (Å²) < 4.78 is 18.4. The molecule has 44 heavy (non-hydrogen) atoms. The van der Waals surface area contributed by atoms with Gasteiger partial charge in [0.05, 0.1) is 36.4 Å². The molecular weight excluding hydrogens is 691 g/mol. The van der Waals surface area contributed by atoms with Crippen molar-refractivity contribution in [2.24, 2.45) is 4.99 Å². The number of aromatic carboxylic acids is 1. The third kappa shape index (κ3) is 7.80. The highest BCUT2D eigenvalue weighted by molar-refractivity contribution is 14.1. The molecule has 5 rings (SSSR count). The third-order valence-corrected chi connectivity index (χ3v) is 8.33. The van der Waals surface area contributed by atoms with Gasteiger partial charge >= 0.3 is 5.97 Å². The summed E-state index contributed by atoms with van der Waals surface area (Å²) in [7, 11) is 1.60. The predicted octanol–water partition coefficient (Wildman–Crippen LogP) is 7.78. The van der Waals surface area contributed by atoms with Gasteiger partial charge in [0.1, 0.15) is 12.4 Å². The van der Waals surface area contributed by atoms with E-state index in [1.165, 1.54) is 23.9 Å². The van der Waals surface area contributed by atoms with Crippen molar-refractivity contribution in [1.29, 1.82) is 0 Å². The highest BCUT2D eigenvalue weighted by Gasteiger charge is 2.33. The van der Waals surface area contributed by atoms with Crippen LogP contribution < -0.4 is 14.2 Å². The van der Waals surface area contributed by atoms with Crippen molar-refractivity contribution in [2.75, 3.05) is 13.7 Å². The summed E-state index contributed by atoms with van der Waals surface area (Å²) in [6.07, 6.45) is 1.81. The Hall–Kier alpha value is -4.29. The van der Waals surface area contributed by atoms with Crippen LogP contribution in [0, 0.1) is 3.57 Å². The fraction of sp³-hybridized carbons (Fsp3) is 0.147. The first kappa shape index (κ1) is 31.1. The van der Waals surface area contributed by atoms with Gasteiger partial charge in [0.25, 0.3) is 5.91 Å². The number of halogens is 1. The van der Waals surface area contributed by atoms with Gasteiger partial charge in [0, 0.05) is 3.57 Å². The Balaban J connectivity index is 1.42. The van der Waals surface area contributed by atoms with E-state index < -0.39 is 5.97 Å². The number of methoxy groups -OCH3 is 1. The van der Waals surface area contributed by atoms with Gasteiger partial charge in [-0.2, -0.15) is 0 Å². The van der Waals surface area contributed by atoms with Crippen molar-refractivity contribution in [3.05, 3.63) is 122 Å². The van der Waals surface area contributed by atoms with E-state index >= 15 is 0 Å². The predicted molar refractivity (Wildman–Crippen MR) is 181 cm³/mol. The molecular formula is C34H29IN2O6S. The van der Waals surface area contributed by atoms with E-state index in [9.17, 15) is 14.7 Å². The largest absolute Gasteiger partial charge is 0.497 e. The number of carbonyl (C=O) groups is 2. The van der Waals surface area contributed by atoms with Crippen molar-refractivity contribution in [3.8, 4) is 17.2 Å². The summed E-state index contributed by atoms with van der Waals surface area (Å²) in [6.45, 7) is 3.00. The van der Waals surface area contributed by atoms with Crippen LogP contribution in [0.3, 0.4) is 0 Å². The van der Waals surface area contributed by atoms with E-state index in [0.717, 1.165) is 20.3 Å². The van der Waals surface area contributed by atoms with Crippen molar-refractivity contribution < 1.29 is 28.9 Å². The first-order chi connectivity index (χ1) is 21.3. The topological polar surface area (TPSA) is 97.7 Å². The van der Waals surface area contributed by atoms with Gasteiger partial charge in [-0.05, 0) is 125 Å². The van der Waals surface area contributed by atoms with Crippen LogP contribution in [0.4, 0.5) is 5.69 Å². The van der Waals surface area contributed by atoms with Crippen LogP contribution in [0.15, 0.2) is 101 Å². The first-order valence-electron chi connectivity index (χ1n) is 13.7. The average molecular weight is 721 g/mol. The molecule has 0 radical (unpaired) electrons. The third-order valence-electron chi connectivity index (χ3n) is 6.60. The maximum Gasteiger partial charge on any atom is 0.335 e. The Morgan fingerprint density at radius 1 is 0.932 bits per heavy atom. The number of ether oxygens (including phenoxy) is 3. The second kappa shape index (κ2) is 14.5. The molecule has 0 atom stereocenters. The summed E-state index contributed by atoms with van der Waals surface area (Å²) in [5.74, 6) is 0.697. The average Bonchev–Trinajstić information content (AvgIpc) is 3.31. The Labute approximate surface area is 273 Å². The number of carboxylic acids is 1. The van der Waals surface area contributed by atoms with Crippen LogP contribution in [0.5, 0.6) is 17.2 Å². The number of amides is 1. The van der Waals surface area contributed by atoms with Crippen LogP contribution in [0.2, 0.25) is 0 Å². The lowest BCUT2D eigenvalue weighted by Crippen LogP contribution is -2.28. The minimum Gasteiger partial charge on any atom is -0.497 e. The Bertz CT molecular complexity index is 1700. The van der Waals surface area contributed by atoms with E-state index in [1.807, 2.05) is 79.7 Å². The molecule has 4 aromatic rings. The molecule has 0 bridgehead atoms. The number of amidine groups is 1. The number of rotatable bonds is 11. The van der Waals surface area contributed by atoms with Gasteiger partial charge < -0.3 is 19.3 Å². The summed E-state index contributed by atoms with van der Waals surface area (Å²) in [5, 5.41) is 9.77. The van der Waals surface area contributed by atoms with Crippen LogP contribution in [0.1, 0.15) is 34.0 Å². The first-order valence-corrected chi connectivity index (χ1v) is 15.6. The molecule has 1 N–H and O–H groups in total. The summed E-state index contributed by atoms with van der Waals surface area (Å²) >= 11 is 3.55. The Morgan fingerprint density at radius 3 is 2.30 bits per heavy atom. The monoisotopic (exact) mass is 720 g/mol. The molecule has 0 aliphatic carbocycles. The smallest absolute Gasteiger partial charge is 0.335 e. The molecule has 0 saturated carbocycles. The number of thioether (sulfide) groups is 1. The van der Waals surface area contributed by atoms with E-state index in [0.29, 0.717) is 46.2 Å². The second-order valence-corrected chi connectivity index (χ2v) is 11.9. The molecule has 1 amide bonds. The normalized spacial score (nSPS) is 14.7.